The number of nitrogens with zero attached hydrogens (tertiary/aromatic N) is 1. The molecule has 0 spiro atoms. The van der Waals surface area contributed by atoms with Crippen molar-refractivity contribution in [2.45, 2.75) is 26.3 Å². The lowest BCUT2D eigenvalue weighted by molar-refractivity contribution is -0.122. The van der Waals surface area contributed by atoms with Crippen LogP contribution in [-0.4, -0.2) is 38.0 Å². The topological polar surface area (TPSA) is 97.0 Å². The molecule has 0 aliphatic carbocycles. The van der Waals surface area contributed by atoms with Gasteiger partial charge in [0.05, 0.1) is 32.0 Å². The normalized spacial score (nSPS) is 14.6. The first-order chi connectivity index (χ1) is 16.8. The summed E-state index contributed by atoms with van der Waals surface area (Å²) in [6.07, 6.45) is -0.216. The first-order valence-electron chi connectivity index (χ1n) is 11.1. The molecular weight excluding hydrogens is 446 g/mol. The maximum atomic E-state index is 13.7. The van der Waals surface area contributed by atoms with Crippen LogP contribution in [0, 0.1) is 13.8 Å². The number of anilines is 3. The zero-order valence-corrected chi connectivity index (χ0v) is 20.0. The number of hydrogen-bond donors (Lipinski definition) is 2. The standard InChI is InChI=1S/C27H27N3O5/c1-16-9-11-19(13-17(16)2)28-25(31)15-22-26(32)29-20-7-5-6-8-21(20)30(22)27(33)18-10-12-23(34-3)24(14-18)35-4/h5-14,22H,15H2,1-4H3,(H,28,31)(H,29,32). The number of carbonyl (C=O) groups excluding carboxylic acids is 3. The molecule has 0 fully saturated rings. The van der Waals surface area contributed by atoms with Gasteiger partial charge in [-0.15, -0.1) is 0 Å². The van der Waals surface area contributed by atoms with E-state index in [9.17, 15) is 14.4 Å². The van der Waals surface area contributed by atoms with Crippen LogP contribution >= 0.6 is 0 Å². The fourth-order valence-electron chi connectivity index (χ4n) is 4.04. The summed E-state index contributed by atoms with van der Waals surface area (Å²) in [6, 6.07) is 16.3. The Hall–Kier alpha value is -4.33. The Morgan fingerprint density at radius 2 is 1.69 bits per heavy atom. The van der Waals surface area contributed by atoms with Crippen LogP contribution in [0.25, 0.3) is 0 Å². The highest BCUT2D eigenvalue weighted by molar-refractivity contribution is 6.18. The summed E-state index contributed by atoms with van der Waals surface area (Å²) in [5.74, 6) is -0.384. The van der Waals surface area contributed by atoms with E-state index in [0.29, 0.717) is 34.1 Å². The highest BCUT2D eigenvalue weighted by Gasteiger charge is 2.38. The van der Waals surface area contributed by atoms with Crippen molar-refractivity contribution in [3.8, 4) is 11.5 Å². The SMILES string of the molecule is COc1ccc(C(=O)N2c3ccccc3NC(=O)C2CC(=O)Nc2ccc(C)c(C)c2)cc1OC. The van der Waals surface area contributed by atoms with Crippen LogP contribution in [0.3, 0.4) is 0 Å². The van der Waals surface area contributed by atoms with E-state index in [-0.39, 0.29) is 12.3 Å². The zero-order valence-electron chi connectivity index (χ0n) is 20.0. The van der Waals surface area contributed by atoms with Crippen LogP contribution in [0.4, 0.5) is 17.1 Å². The first kappa shape index (κ1) is 23.8. The smallest absolute Gasteiger partial charge is 0.259 e. The average molecular weight is 474 g/mol. The molecular formula is C27H27N3O5. The maximum absolute atomic E-state index is 13.7. The molecule has 4 rings (SSSR count). The zero-order chi connectivity index (χ0) is 25.1. The lowest BCUT2D eigenvalue weighted by Crippen LogP contribution is -2.52. The summed E-state index contributed by atoms with van der Waals surface area (Å²) < 4.78 is 10.6. The molecule has 8 heteroatoms. The summed E-state index contributed by atoms with van der Waals surface area (Å²) in [5, 5.41) is 5.66. The molecule has 8 nitrogen and oxygen atoms in total. The molecule has 0 saturated carbocycles. The van der Waals surface area contributed by atoms with E-state index in [2.05, 4.69) is 10.6 Å². The molecule has 3 aromatic rings. The molecule has 3 amide bonds. The lowest BCUT2D eigenvalue weighted by atomic mass is 10.0. The van der Waals surface area contributed by atoms with Gasteiger partial charge in [-0.2, -0.15) is 0 Å². The van der Waals surface area contributed by atoms with Gasteiger partial charge in [0.2, 0.25) is 11.8 Å². The third-order valence-corrected chi connectivity index (χ3v) is 6.05. The number of fused-ring (bicyclic) bond motifs is 1. The Kier molecular flexibility index (Phi) is 6.73. The number of carbonyl (C=O) groups is 3. The van der Waals surface area contributed by atoms with Crippen LogP contribution in [0.5, 0.6) is 11.5 Å². The Bertz CT molecular complexity index is 1300. The number of benzene rings is 3. The van der Waals surface area contributed by atoms with Gasteiger partial charge in [-0.1, -0.05) is 18.2 Å². The van der Waals surface area contributed by atoms with E-state index in [1.807, 2.05) is 32.0 Å². The number of ether oxygens (including phenoxy) is 2. The summed E-state index contributed by atoms with van der Waals surface area (Å²) in [5.41, 5.74) is 4.09. The third-order valence-electron chi connectivity index (χ3n) is 6.05. The summed E-state index contributed by atoms with van der Waals surface area (Å²) in [7, 11) is 2.99. The number of rotatable bonds is 6. The molecule has 1 aliphatic heterocycles. The maximum Gasteiger partial charge on any atom is 0.259 e. The van der Waals surface area contributed by atoms with Crippen LogP contribution < -0.4 is 25.0 Å². The van der Waals surface area contributed by atoms with Gasteiger partial charge >= 0.3 is 0 Å². The van der Waals surface area contributed by atoms with Crippen molar-refractivity contribution in [2.75, 3.05) is 29.8 Å². The van der Waals surface area contributed by atoms with Crippen LogP contribution in [0.15, 0.2) is 60.7 Å². The van der Waals surface area contributed by atoms with Crippen molar-refractivity contribution in [1.29, 1.82) is 0 Å². The second-order valence-electron chi connectivity index (χ2n) is 8.32. The molecule has 35 heavy (non-hydrogen) atoms. The highest BCUT2D eigenvalue weighted by Crippen LogP contribution is 2.35. The van der Waals surface area contributed by atoms with Crippen molar-refractivity contribution in [3.05, 3.63) is 77.4 Å². The molecule has 3 aromatic carbocycles. The minimum Gasteiger partial charge on any atom is -0.493 e. The third kappa shape index (κ3) is 4.82. The average Bonchev–Trinajstić information content (AvgIpc) is 2.85. The number of methoxy groups -OCH3 is 2. The second kappa shape index (κ2) is 9.89. The summed E-state index contributed by atoms with van der Waals surface area (Å²) in [4.78, 5) is 41.1. The highest BCUT2D eigenvalue weighted by atomic mass is 16.5. The largest absolute Gasteiger partial charge is 0.493 e. The molecule has 0 aromatic heterocycles. The molecule has 0 radical (unpaired) electrons. The van der Waals surface area contributed by atoms with Crippen molar-refractivity contribution in [1.82, 2.24) is 0 Å². The lowest BCUT2D eigenvalue weighted by Gasteiger charge is -2.36. The fraction of sp³-hybridized carbons (Fsp3) is 0.222. The monoisotopic (exact) mass is 473 g/mol. The van der Waals surface area contributed by atoms with Crippen molar-refractivity contribution < 1.29 is 23.9 Å². The Morgan fingerprint density at radius 3 is 2.40 bits per heavy atom. The molecule has 1 unspecified atom stereocenters. The van der Waals surface area contributed by atoms with E-state index in [0.717, 1.165) is 11.1 Å². The van der Waals surface area contributed by atoms with Gasteiger partial charge < -0.3 is 20.1 Å². The van der Waals surface area contributed by atoms with Crippen LogP contribution in [0.2, 0.25) is 0 Å². The Balaban J connectivity index is 1.67. The first-order valence-corrected chi connectivity index (χ1v) is 11.1. The number of aryl methyl sites for hydroxylation is 2. The van der Waals surface area contributed by atoms with Gasteiger partial charge in [0.1, 0.15) is 6.04 Å². The Labute approximate surface area is 203 Å². The van der Waals surface area contributed by atoms with E-state index in [1.165, 1.54) is 19.1 Å². The van der Waals surface area contributed by atoms with E-state index in [4.69, 9.17) is 9.47 Å². The molecule has 180 valence electrons. The van der Waals surface area contributed by atoms with Crippen LogP contribution in [0.1, 0.15) is 27.9 Å². The molecule has 0 bridgehead atoms. The van der Waals surface area contributed by atoms with Gasteiger partial charge in [-0.05, 0) is 67.4 Å². The predicted molar refractivity (Wildman–Crippen MR) is 134 cm³/mol. The van der Waals surface area contributed by atoms with Gasteiger partial charge in [0.15, 0.2) is 11.5 Å². The van der Waals surface area contributed by atoms with E-state index in [1.54, 1.807) is 42.5 Å². The molecule has 1 heterocycles. The van der Waals surface area contributed by atoms with Crippen molar-refractivity contribution >= 4 is 34.8 Å². The van der Waals surface area contributed by atoms with Crippen LogP contribution in [-0.2, 0) is 9.59 Å². The second-order valence-corrected chi connectivity index (χ2v) is 8.32. The van der Waals surface area contributed by atoms with Gasteiger partial charge in [-0.25, -0.2) is 0 Å². The summed E-state index contributed by atoms with van der Waals surface area (Å²) in [6.45, 7) is 3.95. The van der Waals surface area contributed by atoms with Gasteiger partial charge in [0, 0.05) is 11.3 Å². The van der Waals surface area contributed by atoms with Gasteiger partial charge in [-0.3, -0.25) is 19.3 Å². The van der Waals surface area contributed by atoms with E-state index >= 15 is 0 Å². The number of para-hydroxylation sites is 2. The molecule has 2 N–H and O–H groups in total. The van der Waals surface area contributed by atoms with E-state index < -0.39 is 17.9 Å². The minimum absolute atomic E-state index is 0.216. The molecule has 1 atom stereocenters. The minimum atomic E-state index is -1.04. The number of amides is 3. The predicted octanol–water partition coefficient (Wildman–Crippen LogP) is 4.32. The molecule has 1 aliphatic rings. The van der Waals surface area contributed by atoms with Crippen molar-refractivity contribution in [3.63, 3.8) is 0 Å². The molecule has 0 saturated heterocycles. The number of nitrogens with one attached hydrogen (secondary N) is 2. The van der Waals surface area contributed by atoms with Crippen molar-refractivity contribution in [2.24, 2.45) is 0 Å². The number of hydrogen-bond acceptors (Lipinski definition) is 5. The fourth-order valence-corrected chi connectivity index (χ4v) is 4.04. The van der Waals surface area contributed by atoms with Gasteiger partial charge in [0.25, 0.3) is 5.91 Å². The Morgan fingerprint density at radius 1 is 0.943 bits per heavy atom. The quantitative estimate of drug-likeness (QED) is 0.556. The summed E-state index contributed by atoms with van der Waals surface area (Å²) >= 11 is 0.